The number of anilines is 1. The van der Waals surface area contributed by atoms with Crippen LogP contribution in [0.25, 0.3) is 5.00 Å². The van der Waals surface area contributed by atoms with E-state index < -0.39 is 0 Å². The van der Waals surface area contributed by atoms with Crippen LogP contribution < -0.4 is 19.7 Å². The number of hydrogen-bond acceptors (Lipinski definition) is 12. The molecule has 2 saturated carbocycles. The first-order valence-electron chi connectivity index (χ1n) is 20.5. The van der Waals surface area contributed by atoms with E-state index >= 15 is 0 Å². The summed E-state index contributed by atoms with van der Waals surface area (Å²) in [5, 5.41) is 31.4. The highest BCUT2D eigenvalue weighted by Gasteiger charge is 2.47. The number of rotatable bonds is 9. The molecule has 5 aromatic rings. The molecule has 304 valence electrons. The van der Waals surface area contributed by atoms with Gasteiger partial charge in [-0.05, 0) is 126 Å². The van der Waals surface area contributed by atoms with Crippen molar-refractivity contribution < 1.29 is 14.3 Å². The molecule has 9 rings (SSSR count). The number of piperidine rings is 1. The van der Waals surface area contributed by atoms with E-state index in [9.17, 15) is 4.79 Å². The van der Waals surface area contributed by atoms with Crippen molar-refractivity contribution in [3.63, 3.8) is 0 Å². The molecule has 4 aliphatic rings. The van der Waals surface area contributed by atoms with E-state index in [1.807, 2.05) is 25.3 Å². The lowest BCUT2D eigenvalue weighted by Crippen LogP contribution is -2.51. The molecule has 6 heterocycles. The lowest BCUT2D eigenvalue weighted by Gasteiger charge is -2.53. The van der Waals surface area contributed by atoms with Gasteiger partial charge in [0.25, 0.3) is 5.91 Å². The van der Waals surface area contributed by atoms with E-state index in [0.29, 0.717) is 40.4 Å². The molecule has 0 radical (unpaired) electrons. The van der Waals surface area contributed by atoms with Gasteiger partial charge in [-0.15, -0.1) is 31.7 Å². The molecular weight excluding hydrogens is 784 g/mol. The summed E-state index contributed by atoms with van der Waals surface area (Å²) in [4.78, 5) is 26.6. The maximum atomic E-state index is 13.1. The van der Waals surface area contributed by atoms with Gasteiger partial charge >= 0.3 is 0 Å². The molecule has 1 aromatic carbocycles. The second-order valence-electron chi connectivity index (χ2n) is 16.6. The maximum absolute atomic E-state index is 13.1. The fourth-order valence-corrected chi connectivity index (χ4v) is 10.8. The fraction of sp³-hybridized carbons (Fsp3) is 0.455. The third-order valence-corrected chi connectivity index (χ3v) is 14.0. The smallest absolute Gasteiger partial charge is 0.272 e. The Morgan fingerprint density at radius 1 is 1.05 bits per heavy atom. The molecule has 1 amide bonds. The average Bonchev–Trinajstić information content (AvgIpc) is 3.72. The van der Waals surface area contributed by atoms with Crippen molar-refractivity contribution in [1.82, 2.24) is 35.3 Å². The van der Waals surface area contributed by atoms with Crippen LogP contribution in [-0.2, 0) is 0 Å². The minimum absolute atomic E-state index is 0.0324. The van der Waals surface area contributed by atoms with Crippen molar-refractivity contribution in [3.8, 4) is 22.7 Å². The molecule has 0 bridgehead atoms. The molecule has 4 aromatic heterocycles. The Morgan fingerprint density at radius 2 is 1.88 bits per heavy atom. The van der Waals surface area contributed by atoms with Crippen LogP contribution in [0.5, 0.6) is 11.6 Å². The normalized spacial score (nSPS) is 23.6. The van der Waals surface area contributed by atoms with E-state index in [0.717, 1.165) is 97.3 Å². The molecule has 2 aliphatic heterocycles. The highest BCUT2D eigenvalue weighted by molar-refractivity contribution is 7.15. The number of benzene rings is 1. The number of carbonyl (C=O) groups is 1. The number of nitrogens with zero attached hydrogens (tertiary/aromatic N) is 9. The molecular formula is C44H47ClN10O3S. The number of nitriles is 1. The van der Waals surface area contributed by atoms with Crippen LogP contribution in [0.3, 0.4) is 0 Å². The van der Waals surface area contributed by atoms with Gasteiger partial charge in [0.2, 0.25) is 5.88 Å². The summed E-state index contributed by atoms with van der Waals surface area (Å²) in [5.74, 6) is 4.07. The third kappa shape index (κ3) is 7.78. The number of amides is 1. The van der Waals surface area contributed by atoms with Crippen LogP contribution in [0, 0.1) is 43.4 Å². The minimum atomic E-state index is -0.204. The molecule has 2 aliphatic carbocycles. The van der Waals surface area contributed by atoms with Gasteiger partial charge in [0.15, 0.2) is 17.3 Å². The molecule has 3 fully saturated rings. The molecule has 15 heteroatoms. The highest BCUT2D eigenvalue weighted by atomic mass is 35.5. The first-order valence-corrected chi connectivity index (χ1v) is 21.7. The Bertz CT molecular complexity index is 2440. The van der Waals surface area contributed by atoms with Gasteiger partial charge in [0.1, 0.15) is 28.7 Å². The number of halogens is 1. The second-order valence-corrected chi connectivity index (χ2v) is 18.3. The molecule has 1 saturated heterocycles. The van der Waals surface area contributed by atoms with Crippen LogP contribution in [0.1, 0.15) is 114 Å². The maximum Gasteiger partial charge on any atom is 0.272 e. The topological polar surface area (TPSA) is 156 Å². The van der Waals surface area contributed by atoms with E-state index in [1.54, 1.807) is 35.6 Å². The largest absolute Gasteiger partial charge is 0.490 e. The van der Waals surface area contributed by atoms with Gasteiger partial charge in [-0.1, -0.05) is 11.6 Å². The van der Waals surface area contributed by atoms with Gasteiger partial charge in [-0.2, -0.15) is 5.26 Å². The number of thiophene rings is 1. The number of fused-ring (bicyclic) bond motifs is 3. The van der Waals surface area contributed by atoms with E-state index in [-0.39, 0.29) is 29.5 Å². The zero-order valence-corrected chi connectivity index (χ0v) is 35.3. The van der Waals surface area contributed by atoms with Gasteiger partial charge < -0.3 is 19.7 Å². The summed E-state index contributed by atoms with van der Waals surface area (Å²) in [6.07, 6.45) is 9.61. The Morgan fingerprint density at radius 3 is 2.61 bits per heavy atom. The van der Waals surface area contributed by atoms with Gasteiger partial charge in [-0.25, -0.2) is 4.98 Å². The average molecular weight is 831 g/mol. The van der Waals surface area contributed by atoms with Gasteiger partial charge in [0.05, 0.1) is 29.0 Å². The highest BCUT2D eigenvalue weighted by Crippen LogP contribution is 2.51. The molecule has 0 unspecified atom stereocenters. The molecule has 1 spiro atoms. The predicted molar refractivity (Wildman–Crippen MR) is 226 cm³/mol. The van der Waals surface area contributed by atoms with Crippen LogP contribution in [-0.4, -0.2) is 73.4 Å². The molecule has 1 atom stereocenters. The summed E-state index contributed by atoms with van der Waals surface area (Å²) in [7, 11) is 0. The molecule has 1 N–H and O–H groups in total. The summed E-state index contributed by atoms with van der Waals surface area (Å²) in [6.45, 7) is 10.9. The first-order chi connectivity index (χ1) is 28.6. The number of aromatic nitrogens is 6. The number of nitrogens with one attached hydrogen (secondary N) is 1. The number of hydrogen-bond donors (Lipinski definition) is 1. The predicted octanol–water partition coefficient (Wildman–Crippen LogP) is 8.07. The van der Waals surface area contributed by atoms with Crippen LogP contribution in [0.4, 0.5) is 5.82 Å². The van der Waals surface area contributed by atoms with Crippen LogP contribution in [0.2, 0.25) is 5.02 Å². The number of aliphatic imine (C=N–C) groups is 1. The van der Waals surface area contributed by atoms with Crippen molar-refractivity contribution in [2.75, 3.05) is 24.6 Å². The number of aryl methyl sites for hydroxylation is 2. The van der Waals surface area contributed by atoms with Crippen LogP contribution in [0.15, 0.2) is 53.7 Å². The number of ether oxygens (including phenoxy) is 2. The summed E-state index contributed by atoms with van der Waals surface area (Å²) in [5.41, 5.74) is 5.22. The quantitative estimate of drug-likeness (QED) is 0.154. The molecule has 59 heavy (non-hydrogen) atoms. The third-order valence-electron chi connectivity index (χ3n) is 12.5. The standard InChI is InChI=1S/C44H47ClN10O3S/c1-25-27(3)59-43-39(25)40(48-26(2)41-53-50-28(4)55(41)43)31-7-15-38(47-22-31)57-23-29-19-44(20-29)16-5-17-54(24-44)37-14-13-36(51-52-37)42(56)49-32-8-11-33(12-9-32)58-34-10-6-30(21-46)35(45)18-34/h6-7,10,13-15,18,22,26,29,32-33H,5,8-9,11-12,16-17,19-20,23-24H2,1-4H3,(H,49,56)/t26-,29?,32-,33-,44?/m0/s1. The fourth-order valence-electron chi connectivity index (χ4n) is 9.36. The lowest BCUT2D eigenvalue weighted by molar-refractivity contribution is 0.0103. The van der Waals surface area contributed by atoms with Crippen LogP contribution >= 0.6 is 22.9 Å². The van der Waals surface area contributed by atoms with E-state index in [2.05, 4.69) is 68.1 Å². The first kappa shape index (κ1) is 39.1. The van der Waals surface area contributed by atoms with Crippen molar-refractivity contribution in [3.05, 3.63) is 98.2 Å². The Balaban J connectivity index is 0.747. The Kier molecular flexibility index (Phi) is 10.6. The summed E-state index contributed by atoms with van der Waals surface area (Å²) >= 11 is 7.92. The van der Waals surface area contributed by atoms with Crippen molar-refractivity contribution in [2.45, 2.75) is 97.2 Å². The lowest BCUT2D eigenvalue weighted by atomic mass is 9.58. The Hall–Kier alpha value is -5.39. The van der Waals surface area contributed by atoms with Crippen molar-refractivity contribution in [2.24, 2.45) is 16.3 Å². The number of pyridine rings is 1. The van der Waals surface area contributed by atoms with Crippen molar-refractivity contribution in [1.29, 1.82) is 5.26 Å². The zero-order chi connectivity index (χ0) is 40.8. The van der Waals surface area contributed by atoms with E-state index in [1.165, 1.54) is 16.9 Å². The van der Waals surface area contributed by atoms with Gasteiger partial charge in [0, 0.05) is 53.5 Å². The minimum Gasteiger partial charge on any atom is -0.490 e. The zero-order valence-electron chi connectivity index (χ0n) is 33.7. The van der Waals surface area contributed by atoms with Gasteiger partial charge in [-0.3, -0.25) is 14.4 Å². The SMILES string of the molecule is Cc1sc2c(c1C)C(c1ccc(OCC3CC4(CCCN(c5ccc(C(=O)N[C@H]6CC[C@H](Oc7ccc(C#N)c(Cl)c7)CC6)nn5)C4)C3)nc1)=N[C@@H](C)c1nnc(C)n1-2. The summed E-state index contributed by atoms with van der Waals surface area (Å²) < 4.78 is 14.5. The summed E-state index contributed by atoms with van der Waals surface area (Å²) in [6, 6.07) is 14.8. The molecule has 13 nitrogen and oxygen atoms in total. The Labute approximate surface area is 352 Å². The van der Waals surface area contributed by atoms with Crippen molar-refractivity contribution >= 4 is 40.4 Å². The number of carbonyl (C=O) groups excluding carboxylic acids is 1. The second kappa shape index (κ2) is 16.0. The van der Waals surface area contributed by atoms with E-state index in [4.69, 9.17) is 36.3 Å². The monoisotopic (exact) mass is 830 g/mol.